The summed E-state index contributed by atoms with van der Waals surface area (Å²) in [7, 11) is 0. The highest BCUT2D eigenvalue weighted by Crippen LogP contribution is 2.38. The van der Waals surface area contributed by atoms with E-state index < -0.39 is 0 Å². The maximum atomic E-state index is 12.6. The van der Waals surface area contributed by atoms with E-state index in [1.165, 1.54) is 36.0 Å². The Labute approximate surface area is 127 Å². The van der Waals surface area contributed by atoms with Gasteiger partial charge in [-0.05, 0) is 62.7 Å². The van der Waals surface area contributed by atoms with Gasteiger partial charge in [0.25, 0.3) is 0 Å². The van der Waals surface area contributed by atoms with E-state index in [2.05, 4.69) is 42.3 Å². The minimum absolute atomic E-state index is 0.305. The SMILES string of the molecule is Cc1ccc(C)c(CC(=O)N2CCC3(CCNCC3)C2)c1. The first-order valence-electron chi connectivity index (χ1n) is 8.13. The molecule has 0 saturated carbocycles. The van der Waals surface area contributed by atoms with Crippen LogP contribution in [0.15, 0.2) is 18.2 Å². The molecule has 0 radical (unpaired) electrons. The molecule has 2 saturated heterocycles. The molecule has 1 aromatic carbocycles. The third-order valence-corrected chi connectivity index (χ3v) is 5.30. The van der Waals surface area contributed by atoms with Gasteiger partial charge in [-0.1, -0.05) is 23.8 Å². The Balaban J connectivity index is 1.65. The number of benzene rings is 1. The molecule has 0 unspecified atom stereocenters. The van der Waals surface area contributed by atoms with Crippen LogP contribution >= 0.6 is 0 Å². The summed E-state index contributed by atoms with van der Waals surface area (Å²) >= 11 is 0. The number of likely N-dealkylation sites (tertiary alicyclic amines) is 1. The van der Waals surface area contributed by atoms with Crippen molar-refractivity contribution in [2.45, 2.75) is 39.5 Å². The van der Waals surface area contributed by atoms with Crippen LogP contribution in [0.2, 0.25) is 0 Å². The van der Waals surface area contributed by atoms with Crippen LogP contribution in [0.25, 0.3) is 0 Å². The fraction of sp³-hybridized carbons (Fsp3) is 0.611. The van der Waals surface area contributed by atoms with Crippen molar-refractivity contribution in [3.8, 4) is 0 Å². The largest absolute Gasteiger partial charge is 0.342 e. The van der Waals surface area contributed by atoms with Gasteiger partial charge in [0, 0.05) is 13.1 Å². The van der Waals surface area contributed by atoms with Crippen LogP contribution in [0, 0.1) is 19.3 Å². The molecule has 1 amide bonds. The van der Waals surface area contributed by atoms with E-state index >= 15 is 0 Å². The van der Waals surface area contributed by atoms with Gasteiger partial charge in [-0.15, -0.1) is 0 Å². The zero-order chi connectivity index (χ0) is 14.9. The van der Waals surface area contributed by atoms with Crippen LogP contribution in [0.4, 0.5) is 0 Å². The Bertz CT molecular complexity index is 532. The number of piperidine rings is 1. The van der Waals surface area contributed by atoms with E-state index in [0.717, 1.165) is 26.2 Å². The number of carbonyl (C=O) groups excluding carboxylic acids is 1. The first kappa shape index (κ1) is 14.6. The number of aryl methyl sites for hydroxylation is 2. The second-order valence-electron chi connectivity index (χ2n) is 6.92. The standard InChI is InChI=1S/C18H26N2O/c1-14-3-4-15(2)16(11-14)12-17(21)20-10-7-18(13-20)5-8-19-9-6-18/h3-4,11,19H,5-10,12-13H2,1-2H3. The van der Waals surface area contributed by atoms with Crippen molar-refractivity contribution in [1.82, 2.24) is 10.2 Å². The van der Waals surface area contributed by atoms with Gasteiger partial charge in [0.15, 0.2) is 0 Å². The molecule has 3 rings (SSSR count). The van der Waals surface area contributed by atoms with Crippen LogP contribution < -0.4 is 5.32 Å². The number of hydrogen-bond acceptors (Lipinski definition) is 2. The molecule has 3 nitrogen and oxygen atoms in total. The molecule has 114 valence electrons. The lowest BCUT2D eigenvalue weighted by Crippen LogP contribution is -2.40. The van der Waals surface area contributed by atoms with Gasteiger partial charge in [-0.2, -0.15) is 0 Å². The van der Waals surface area contributed by atoms with Gasteiger partial charge in [-0.3, -0.25) is 4.79 Å². The van der Waals surface area contributed by atoms with Crippen LogP contribution in [0.3, 0.4) is 0 Å². The summed E-state index contributed by atoms with van der Waals surface area (Å²) in [6.07, 6.45) is 4.19. The fourth-order valence-electron chi connectivity index (χ4n) is 3.78. The maximum absolute atomic E-state index is 12.6. The van der Waals surface area contributed by atoms with Crippen molar-refractivity contribution in [2.24, 2.45) is 5.41 Å². The predicted octanol–water partition coefficient (Wildman–Crippen LogP) is 2.45. The number of hydrogen-bond donors (Lipinski definition) is 1. The van der Waals surface area contributed by atoms with E-state index in [4.69, 9.17) is 0 Å². The molecule has 1 spiro atoms. The summed E-state index contributed by atoms with van der Waals surface area (Å²) < 4.78 is 0. The summed E-state index contributed by atoms with van der Waals surface area (Å²) in [5.74, 6) is 0.305. The molecule has 2 aliphatic heterocycles. The lowest BCUT2D eigenvalue weighted by molar-refractivity contribution is -0.129. The molecule has 2 aliphatic rings. The minimum Gasteiger partial charge on any atom is -0.342 e. The molecular weight excluding hydrogens is 260 g/mol. The third kappa shape index (κ3) is 3.13. The maximum Gasteiger partial charge on any atom is 0.227 e. The molecular formula is C18H26N2O. The molecule has 0 aliphatic carbocycles. The number of carbonyl (C=O) groups is 1. The van der Waals surface area contributed by atoms with Crippen molar-refractivity contribution in [3.63, 3.8) is 0 Å². The lowest BCUT2D eigenvalue weighted by Gasteiger charge is -2.33. The summed E-state index contributed by atoms with van der Waals surface area (Å²) in [6.45, 7) is 8.33. The molecule has 3 heteroatoms. The lowest BCUT2D eigenvalue weighted by atomic mass is 9.78. The van der Waals surface area contributed by atoms with E-state index in [9.17, 15) is 4.79 Å². The van der Waals surface area contributed by atoms with Crippen molar-refractivity contribution >= 4 is 5.91 Å². The van der Waals surface area contributed by atoms with E-state index in [-0.39, 0.29) is 0 Å². The molecule has 0 atom stereocenters. The quantitative estimate of drug-likeness (QED) is 0.905. The predicted molar refractivity (Wildman–Crippen MR) is 85.4 cm³/mol. The molecule has 1 N–H and O–H groups in total. The zero-order valence-corrected chi connectivity index (χ0v) is 13.2. The average molecular weight is 286 g/mol. The summed E-state index contributed by atoms with van der Waals surface area (Å²) in [5, 5.41) is 3.43. The Kier molecular flexibility index (Phi) is 4.03. The van der Waals surface area contributed by atoms with E-state index in [1.807, 2.05) is 0 Å². The molecule has 2 heterocycles. The van der Waals surface area contributed by atoms with Crippen LogP contribution in [-0.2, 0) is 11.2 Å². The Hall–Kier alpha value is -1.35. The Morgan fingerprint density at radius 3 is 2.76 bits per heavy atom. The van der Waals surface area contributed by atoms with Gasteiger partial charge in [0.1, 0.15) is 0 Å². The van der Waals surface area contributed by atoms with Crippen LogP contribution in [0.5, 0.6) is 0 Å². The molecule has 21 heavy (non-hydrogen) atoms. The smallest absolute Gasteiger partial charge is 0.227 e. The van der Waals surface area contributed by atoms with Gasteiger partial charge in [-0.25, -0.2) is 0 Å². The van der Waals surface area contributed by atoms with Gasteiger partial charge in [0.2, 0.25) is 5.91 Å². The summed E-state index contributed by atoms with van der Waals surface area (Å²) in [4.78, 5) is 14.7. The normalized spacial score (nSPS) is 21.0. The van der Waals surface area contributed by atoms with Crippen molar-refractivity contribution in [2.75, 3.05) is 26.2 Å². The first-order valence-corrected chi connectivity index (χ1v) is 8.13. The number of rotatable bonds is 2. The monoisotopic (exact) mass is 286 g/mol. The first-order chi connectivity index (χ1) is 10.1. The third-order valence-electron chi connectivity index (χ3n) is 5.30. The summed E-state index contributed by atoms with van der Waals surface area (Å²) in [5.41, 5.74) is 4.05. The number of nitrogens with one attached hydrogen (secondary N) is 1. The summed E-state index contributed by atoms with van der Waals surface area (Å²) in [6, 6.07) is 6.39. The average Bonchev–Trinajstić information content (AvgIpc) is 2.87. The van der Waals surface area contributed by atoms with Crippen LogP contribution in [0.1, 0.15) is 36.0 Å². The van der Waals surface area contributed by atoms with Crippen molar-refractivity contribution in [1.29, 1.82) is 0 Å². The molecule has 2 fully saturated rings. The van der Waals surface area contributed by atoms with Crippen molar-refractivity contribution in [3.05, 3.63) is 34.9 Å². The van der Waals surface area contributed by atoms with Gasteiger partial charge < -0.3 is 10.2 Å². The van der Waals surface area contributed by atoms with Gasteiger partial charge in [0.05, 0.1) is 6.42 Å². The van der Waals surface area contributed by atoms with E-state index in [0.29, 0.717) is 17.7 Å². The Morgan fingerprint density at radius 1 is 1.24 bits per heavy atom. The highest BCUT2D eigenvalue weighted by molar-refractivity contribution is 5.79. The molecule has 1 aromatic rings. The minimum atomic E-state index is 0.305. The van der Waals surface area contributed by atoms with Crippen LogP contribution in [-0.4, -0.2) is 37.0 Å². The zero-order valence-electron chi connectivity index (χ0n) is 13.2. The highest BCUT2D eigenvalue weighted by Gasteiger charge is 2.40. The second-order valence-corrected chi connectivity index (χ2v) is 6.92. The topological polar surface area (TPSA) is 32.3 Å². The number of nitrogens with zero attached hydrogens (tertiary/aromatic N) is 1. The van der Waals surface area contributed by atoms with Crippen molar-refractivity contribution < 1.29 is 4.79 Å². The van der Waals surface area contributed by atoms with Gasteiger partial charge >= 0.3 is 0 Å². The highest BCUT2D eigenvalue weighted by atomic mass is 16.2. The Morgan fingerprint density at radius 2 is 2.00 bits per heavy atom. The van der Waals surface area contributed by atoms with E-state index in [1.54, 1.807) is 0 Å². The number of amides is 1. The fourth-order valence-corrected chi connectivity index (χ4v) is 3.78. The molecule has 0 bridgehead atoms. The second kappa shape index (κ2) is 5.80. The molecule has 0 aromatic heterocycles.